The second-order valence-electron chi connectivity index (χ2n) is 11.9. The quantitative estimate of drug-likeness (QED) is 0.196. The molecule has 0 radical (unpaired) electrons. The second kappa shape index (κ2) is 10.4. The van der Waals surface area contributed by atoms with Gasteiger partial charge in [0.05, 0.1) is 6.20 Å². The van der Waals surface area contributed by atoms with Crippen LogP contribution in [0.1, 0.15) is 0 Å². The van der Waals surface area contributed by atoms with E-state index in [9.17, 15) is 0 Å². The Morgan fingerprint density at radius 2 is 1.10 bits per heavy atom. The van der Waals surface area contributed by atoms with Crippen LogP contribution in [0.3, 0.4) is 0 Å². The van der Waals surface area contributed by atoms with Crippen LogP contribution >= 0.6 is 0 Å². The molecule has 0 aliphatic heterocycles. The zero-order chi connectivity index (χ0) is 31.6. The maximum Gasteiger partial charge on any atom is 0.166 e. The van der Waals surface area contributed by atoms with Crippen molar-refractivity contribution in [1.82, 2.24) is 19.9 Å². The van der Waals surface area contributed by atoms with Crippen LogP contribution in [0.15, 0.2) is 155 Å². The zero-order valence-electron chi connectivity index (χ0n) is 25.5. The van der Waals surface area contributed by atoms with E-state index >= 15 is 0 Å². The number of pyridine rings is 1. The highest BCUT2D eigenvalue weighted by Crippen LogP contribution is 2.41. The van der Waals surface area contributed by atoms with Gasteiger partial charge >= 0.3 is 0 Å². The van der Waals surface area contributed by atoms with Crippen molar-refractivity contribution in [3.63, 3.8) is 0 Å². The molecule has 0 fully saturated rings. The standard InChI is InChI=1S/C42H24N4O2/c1-3-11-26(12-4-1)40-44-41(27-13-5-2-6-14-27)46-42(45-40)33-23-43-24-36-38(33)31-20-18-28(22-35(31)47-36)30-16-9-17-32-37-29-15-8-7-10-25(29)19-21-34(37)48-39(30)32/h1-24H. The van der Waals surface area contributed by atoms with Gasteiger partial charge in [0.15, 0.2) is 23.1 Å². The second-order valence-corrected chi connectivity index (χ2v) is 11.9. The smallest absolute Gasteiger partial charge is 0.166 e. The fourth-order valence-electron chi connectivity index (χ4n) is 6.79. The molecule has 10 rings (SSSR count). The van der Waals surface area contributed by atoms with Crippen LogP contribution < -0.4 is 0 Å². The third kappa shape index (κ3) is 4.13. The minimum Gasteiger partial charge on any atom is -0.455 e. The summed E-state index contributed by atoms with van der Waals surface area (Å²) in [5, 5.41) is 6.46. The molecule has 6 aromatic carbocycles. The van der Waals surface area contributed by atoms with Crippen molar-refractivity contribution < 1.29 is 8.83 Å². The first-order chi connectivity index (χ1) is 23.8. The molecule has 0 saturated carbocycles. The van der Waals surface area contributed by atoms with Crippen molar-refractivity contribution in [2.45, 2.75) is 0 Å². The molecule has 0 saturated heterocycles. The Bertz CT molecular complexity index is 2780. The summed E-state index contributed by atoms with van der Waals surface area (Å²) in [5.74, 6) is 1.73. The molecule has 4 aromatic heterocycles. The first-order valence-corrected chi connectivity index (χ1v) is 15.8. The van der Waals surface area contributed by atoms with Gasteiger partial charge in [-0.25, -0.2) is 15.0 Å². The molecular weight excluding hydrogens is 592 g/mol. The monoisotopic (exact) mass is 616 g/mol. The van der Waals surface area contributed by atoms with Gasteiger partial charge in [-0.15, -0.1) is 0 Å². The molecule has 4 heterocycles. The summed E-state index contributed by atoms with van der Waals surface area (Å²) < 4.78 is 13.0. The van der Waals surface area contributed by atoms with Crippen LogP contribution in [0.25, 0.3) is 99.9 Å². The largest absolute Gasteiger partial charge is 0.455 e. The highest BCUT2D eigenvalue weighted by molar-refractivity contribution is 6.21. The van der Waals surface area contributed by atoms with Gasteiger partial charge in [0.25, 0.3) is 0 Å². The van der Waals surface area contributed by atoms with Crippen LogP contribution in [-0.2, 0) is 0 Å². The summed E-state index contributed by atoms with van der Waals surface area (Å²) >= 11 is 0. The fraction of sp³-hybridized carbons (Fsp3) is 0. The number of hydrogen-bond donors (Lipinski definition) is 0. The Balaban J connectivity index is 1.16. The van der Waals surface area contributed by atoms with E-state index in [0.717, 1.165) is 66.1 Å². The molecule has 0 bridgehead atoms. The van der Waals surface area contributed by atoms with Gasteiger partial charge in [-0.3, -0.25) is 4.98 Å². The number of rotatable bonds is 4. The average molecular weight is 617 g/mol. The number of nitrogens with zero attached hydrogens (tertiary/aromatic N) is 4. The Hall–Kier alpha value is -6.66. The summed E-state index contributed by atoms with van der Waals surface area (Å²) in [5.41, 5.74) is 7.75. The molecule has 0 spiro atoms. The van der Waals surface area contributed by atoms with Crippen molar-refractivity contribution in [3.05, 3.63) is 146 Å². The molecule has 6 nitrogen and oxygen atoms in total. The van der Waals surface area contributed by atoms with Gasteiger partial charge in [0, 0.05) is 50.0 Å². The molecule has 0 atom stereocenters. The van der Waals surface area contributed by atoms with Crippen molar-refractivity contribution >= 4 is 54.6 Å². The number of furan rings is 2. The fourth-order valence-corrected chi connectivity index (χ4v) is 6.79. The molecule has 0 aliphatic carbocycles. The summed E-state index contributed by atoms with van der Waals surface area (Å²) in [6.45, 7) is 0. The van der Waals surface area contributed by atoms with Crippen molar-refractivity contribution in [3.8, 4) is 45.3 Å². The van der Waals surface area contributed by atoms with Crippen molar-refractivity contribution in [1.29, 1.82) is 0 Å². The molecule has 0 aliphatic rings. The maximum atomic E-state index is 6.53. The van der Waals surface area contributed by atoms with Crippen molar-refractivity contribution in [2.75, 3.05) is 0 Å². The van der Waals surface area contributed by atoms with Gasteiger partial charge in [-0.2, -0.15) is 0 Å². The third-order valence-corrected chi connectivity index (χ3v) is 9.02. The third-order valence-electron chi connectivity index (χ3n) is 9.02. The normalized spacial score (nSPS) is 11.8. The van der Waals surface area contributed by atoms with Crippen LogP contribution in [0, 0.1) is 0 Å². The molecule has 0 amide bonds. The van der Waals surface area contributed by atoms with Crippen LogP contribution in [0.5, 0.6) is 0 Å². The molecule has 6 heteroatoms. The Morgan fingerprint density at radius 3 is 1.90 bits per heavy atom. The van der Waals surface area contributed by atoms with Crippen LogP contribution in [-0.4, -0.2) is 19.9 Å². The first kappa shape index (κ1) is 26.5. The summed E-state index contributed by atoms with van der Waals surface area (Å²) in [6.07, 6.45) is 3.56. The summed E-state index contributed by atoms with van der Waals surface area (Å²) in [6, 6.07) is 45.2. The number of para-hydroxylation sites is 1. The van der Waals surface area contributed by atoms with E-state index in [1.54, 1.807) is 6.20 Å². The Kier molecular flexibility index (Phi) is 5.77. The predicted octanol–water partition coefficient (Wildman–Crippen LogP) is 10.9. The number of hydrogen-bond acceptors (Lipinski definition) is 6. The van der Waals surface area contributed by atoms with Gasteiger partial charge < -0.3 is 8.83 Å². The van der Waals surface area contributed by atoms with Crippen molar-refractivity contribution in [2.24, 2.45) is 0 Å². The SMILES string of the molecule is c1ccc(-c2nc(-c3ccccc3)nc(-c3cncc4oc5cc(-c6cccc7c6oc6ccc8ccccc8c67)ccc5c34)n2)cc1. The van der Waals surface area contributed by atoms with Crippen LogP contribution in [0.2, 0.25) is 0 Å². The number of fused-ring (bicyclic) bond motifs is 8. The lowest BCUT2D eigenvalue weighted by molar-refractivity contribution is 0.666. The molecular formula is C42H24N4O2. The predicted molar refractivity (Wildman–Crippen MR) is 191 cm³/mol. The van der Waals surface area contributed by atoms with Gasteiger partial charge in [-0.1, -0.05) is 115 Å². The Labute approximate surface area is 274 Å². The van der Waals surface area contributed by atoms with E-state index in [1.807, 2.05) is 66.9 Å². The lowest BCUT2D eigenvalue weighted by atomic mass is 9.99. The number of aromatic nitrogens is 4. The van der Waals surface area contributed by atoms with E-state index in [-0.39, 0.29) is 0 Å². The highest BCUT2D eigenvalue weighted by Gasteiger charge is 2.20. The van der Waals surface area contributed by atoms with Gasteiger partial charge in [-0.05, 0) is 34.5 Å². The average Bonchev–Trinajstić information content (AvgIpc) is 3.74. The molecule has 0 unspecified atom stereocenters. The molecule has 48 heavy (non-hydrogen) atoms. The molecule has 0 N–H and O–H groups in total. The van der Waals surface area contributed by atoms with Gasteiger partial charge in [0.2, 0.25) is 0 Å². The lowest BCUT2D eigenvalue weighted by Gasteiger charge is -2.09. The summed E-state index contributed by atoms with van der Waals surface area (Å²) in [4.78, 5) is 19.3. The Morgan fingerprint density at radius 1 is 0.396 bits per heavy atom. The maximum absolute atomic E-state index is 6.53. The zero-order valence-corrected chi connectivity index (χ0v) is 25.5. The summed E-state index contributed by atoms with van der Waals surface area (Å²) in [7, 11) is 0. The van der Waals surface area contributed by atoms with E-state index in [4.69, 9.17) is 23.8 Å². The van der Waals surface area contributed by atoms with E-state index in [2.05, 4.69) is 77.8 Å². The minimum atomic E-state index is 0.534. The van der Waals surface area contributed by atoms with E-state index in [1.165, 1.54) is 10.8 Å². The van der Waals surface area contributed by atoms with E-state index in [0.29, 0.717) is 23.1 Å². The first-order valence-electron chi connectivity index (χ1n) is 15.8. The van der Waals surface area contributed by atoms with Crippen LogP contribution in [0.4, 0.5) is 0 Å². The molecule has 224 valence electrons. The van der Waals surface area contributed by atoms with E-state index < -0.39 is 0 Å². The highest BCUT2D eigenvalue weighted by atomic mass is 16.3. The topological polar surface area (TPSA) is 77.8 Å². The van der Waals surface area contributed by atoms with Gasteiger partial charge in [0.1, 0.15) is 16.7 Å². The number of benzene rings is 6. The minimum absolute atomic E-state index is 0.534. The molecule has 10 aromatic rings. The lowest BCUT2D eigenvalue weighted by Crippen LogP contribution is -2.00.